The molecule has 1 heterocycles. The summed E-state index contributed by atoms with van der Waals surface area (Å²) in [5, 5.41) is 22.0. The van der Waals surface area contributed by atoms with E-state index in [0.717, 1.165) is 11.1 Å². The topological polar surface area (TPSA) is 81.0 Å². The summed E-state index contributed by atoms with van der Waals surface area (Å²) in [5.41, 5.74) is 3.36. The number of nitrogens with one attached hydrogen (secondary N) is 1. The highest BCUT2D eigenvalue weighted by molar-refractivity contribution is 5.68. The number of anilines is 1. The second-order valence-corrected chi connectivity index (χ2v) is 4.20. The lowest BCUT2D eigenvalue weighted by Gasteiger charge is -2.10. The Labute approximate surface area is 110 Å². The average Bonchev–Trinajstić information content (AvgIpc) is 2.42. The third kappa shape index (κ3) is 2.37. The van der Waals surface area contributed by atoms with Gasteiger partial charge in [-0.05, 0) is 25.0 Å². The van der Waals surface area contributed by atoms with E-state index in [1.54, 1.807) is 19.2 Å². The normalized spacial score (nSPS) is 10.3. The minimum Gasteiger partial charge on any atom is -0.371 e. The third-order valence-electron chi connectivity index (χ3n) is 3.09. The van der Waals surface area contributed by atoms with Crippen molar-refractivity contribution in [3.63, 3.8) is 0 Å². The van der Waals surface area contributed by atoms with Crippen LogP contribution in [0, 0.1) is 24.0 Å². The molecular weight excluding hydrogens is 244 g/mol. The van der Waals surface area contributed by atoms with E-state index in [1.807, 2.05) is 13.8 Å². The summed E-state index contributed by atoms with van der Waals surface area (Å²) in [5.74, 6) is 0.715. The summed E-state index contributed by atoms with van der Waals surface area (Å²) < 4.78 is 0. The van der Waals surface area contributed by atoms with Gasteiger partial charge in [-0.3, -0.25) is 10.1 Å². The Balaban J connectivity index is 2.56. The number of hydrogen-bond acceptors (Lipinski definition) is 5. The molecule has 0 unspecified atom stereocenters. The molecular formula is C13H14N4O2. The second kappa shape index (κ2) is 5.01. The van der Waals surface area contributed by atoms with Crippen LogP contribution in [0.15, 0.2) is 24.3 Å². The maximum absolute atomic E-state index is 10.8. The largest absolute Gasteiger partial charge is 0.371 e. The summed E-state index contributed by atoms with van der Waals surface area (Å²) in [4.78, 5) is 10.4. The molecule has 0 saturated carbocycles. The quantitative estimate of drug-likeness (QED) is 0.676. The van der Waals surface area contributed by atoms with E-state index in [9.17, 15) is 10.1 Å². The highest BCUT2D eigenvalue weighted by atomic mass is 16.6. The molecule has 1 N–H and O–H groups in total. The lowest BCUT2D eigenvalue weighted by atomic mass is 10.0. The molecule has 2 aromatic rings. The molecule has 0 aliphatic heterocycles. The summed E-state index contributed by atoms with van der Waals surface area (Å²) in [6, 6.07) is 6.41. The lowest BCUT2D eigenvalue weighted by Crippen LogP contribution is -2.02. The van der Waals surface area contributed by atoms with Crippen molar-refractivity contribution in [3.8, 4) is 11.3 Å². The van der Waals surface area contributed by atoms with Crippen LogP contribution in [-0.4, -0.2) is 22.2 Å². The number of nitro groups is 1. The Hall–Kier alpha value is -2.50. The Bertz CT molecular complexity index is 641. The number of non-ortho nitro benzene ring substituents is 1. The van der Waals surface area contributed by atoms with Crippen molar-refractivity contribution >= 4 is 11.5 Å². The van der Waals surface area contributed by atoms with Gasteiger partial charge in [-0.15, -0.1) is 10.2 Å². The SMILES string of the molecule is CNc1nnc(-c2cccc([N+](=O)[O-])c2)c(C)c1C. The molecule has 1 aromatic heterocycles. The smallest absolute Gasteiger partial charge is 0.270 e. The van der Waals surface area contributed by atoms with E-state index in [-0.39, 0.29) is 5.69 Å². The predicted molar refractivity (Wildman–Crippen MR) is 73.1 cm³/mol. The van der Waals surface area contributed by atoms with Gasteiger partial charge in [0.25, 0.3) is 5.69 Å². The molecule has 6 nitrogen and oxygen atoms in total. The van der Waals surface area contributed by atoms with Gasteiger partial charge in [-0.2, -0.15) is 0 Å². The van der Waals surface area contributed by atoms with Crippen LogP contribution < -0.4 is 5.32 Å². The van der Waals surface area contributed by atoms with Crippen LogP contribution in [-0.2, 0) is 0 Å². The van der Waals surface area contributed by atoms with Gasteiger partial charge in [0.2, 0.25) is 0 Å². The minimum absolute atomic E-state index is 0.0500. The lowest BCUT2D eigenvalue weighted by molar-refractivity contribution is -0.384. The van der Waals surface area contributed by atoms with Gasteiger partial charge in [-0.25, -0.2) is 0 Å². The monoisotopic (exact) mass is 258 g/mol. The fourth-order valence-electron chi connectivity index (χ4n) is 1.88. The highest BCUT2D eigenvalue weighted by Gasteiger charge is 2.13. The standard InChI is InChI=1S/C13H14N4O2/c1-8-9(2)13(14-3)16-15-12(8)10-5-4-6-11(7-10)17(18)19/h4-7H,1-3H3,(H,14,16). The van der Waals surface area contributed by atoms with Crippen molar-refractivity contribution in [3.05, 3.63) is 45.5 Å². The van der Waals surface area contributed by atoms with Crippen LogP contribution in [0.25, 0.3) is 11.3 Å². The van der Waals surface area contributed by atoms with E-state index in [2.05, 4.69) is 15.5 Å². The molecule has 0 amide bonds. The van der Waals surface area contributed by atoms with Gasteiger partial charge in [0.05, 0.1) is 10.6 Å². The summed E-state index contributed by atoms with van der Waals surface area (Å²) in [6.45, 7) is 3.87. The van der Waals surface area contributed by atoms with E-state index in [1.165, 1.54) is 12.1 Å². The van der Waals surface area contributed by atoms with Crippen molar-refractivity contribution in [2.24, 2.45) is 0 Å². The van der Waals surface area contributed by atoms with Crippen LogP contribution in [0.5, 0.6) is 0 Å². The number of benzene rings is 1. The number of rotatable bonds is 3. The highest BCUT2D eigenvalue weighted by Crippen LogP contribution is 2.27. The molecule has 2 rings (SSSR count). The van der Waals surface area contributed by atoms with Crippen LogP contribution in [0.1, 0.15) is 11.1 Å². The number of aromatic nitrogens is 2. The van der Waals surface area contributed by atoms with Gasteiger partial charge in [0.1, 0.15) is 0 Å². The summed E-state index contributed by atoms with van der Waals surface area (Å²) in [7, 11) is 1.78. The zero-order valence-corrected chi connectivity index (χ0v) is 11.0. The van der Waals surface area contributed by atoms with Crippen LogP contribution in [0.3, 0.4) is 0 Å². The fraction of sp³-hybridized carbons (Fsp3) is 0.231. The van der Waals surface area contributed by atoms with Gasteiger partial charge in [0.15, 0.2) is 5.82 Å². The number of hydrogen-bond donors (Lipinski definition) is 1. The maximum atomic E-state index is 10.8. The molecule has 0 bridgehead atoms. The number of nitro benzene ring substituents is 1. The minimum atomic E-state index is -0.416. The van der Waals surface area contributed by atoms with E-state index in [0.29, 0.717) is 17.1 Å². The molecule has 1 aromatic carbocycles. The van der Waals surface area contributed by atoms with Crippen molar-refractivity contribution < 1.29 is 4.92 Å². The van der Waals surface area contributed by atoms with Crippen molar-refractivity contribution in [1.82, 2.24) is 10.2 Å². The Morgan fingerprint density at radius 3 is 2.58 bits per heavy atom. The van der Waals surface area contributed by atoms with E-state index < -0.39 is 4.92 Å². The van der Waals surface area contributed by atoms with Gasteiger partial charge >= 0.3 is 0 Å². The molecule has 98 valence electrons. The molecule has 0 saturated heterocycles. The Kier molecular flexibility index (Phi) is 3.41. The third-order valence-corrected chi connectivity index (χ3v) is 3.09. The van der Waals surface area contributed by atoms with Crippen molar-refractivity contribution in [2.45, 2.75) is 13.8 Å². The van der Waals surface area contributed by atoms with Crippen LogP contribution >= 0.6 is 0 Å². The molecule has 0 fully saturated rings. The number of nitrogens with zero attached hydrogens (tertiary/aromatic N) is 3. The maximum Gasteiger partial charge on any atom is 0.270 e. The van der Waals surface area contributed by atoms with Crippen molar-refractivity contribution in [1.29, 1.82) is 0 Å². The van der Waals surface area contributed by atoms with Gasteiger partial charge in [0, 0.05) is 24.7 Å². The Morgan fingerprint density at radius 2 is 1.95 bits per heavy atom. The first-order valence-electron chi connectivity index (χ1n) is 5.81. The molecule has 0 aliphatic carbocycles. The molecule has 0 aliphatic rings. The van der Waals surface area contributed by atoms with Gasteiger partial charge in [-0.1, -0.05) is 12.1 Å². The summed E-state index contributed by atoms with van der Waals surface area (Å²) >= 11 is 0. The van der Waals surface area contributed by atoms with E-state index >= 15 is 0 Å². The first kappa shape index (κ1) is 12.9. The molecule has 0 atom stereocenters. The zero-order chi connectivity index (χ0) is 14.0. The zero-order valence-electron chi connectivity index (χ0n) is 11.0. The van der Waals surface area contributed by atoms with Crippen LogP contribution in [0.4, 0.5) is 11.5 Å². The first-order valence-corrected chi connectivity index (χ1v) is 5.81. The van der Waals surface area contributed by atoms with Crippen LogP contribution in [0.2, 0.25) is 0 Å². The fourth-order valence-corrected chi connectivity index (χ4v) is 1.88. The Morgan fingerprint density at radius 1 is 1.21 bits per heavy atom. The second-order valence-electron chi connectivity index (χ2n) is 4.20. The first-order chi connectivity index (χ1) is 9.04. The average molecular weight is 258 g/mol. The molecule has 0 spiro atoms. The predicted octanol–water partition coefficient (Wildman–Crippen LogP) is 2.71. The van der Waals surface area contributed by atoms with Crippen molar-refractivity contribution in [2.75, 3.05) is 12.4 Å². The molecule has 0 radical (unpaired) electrons. The van der Waals surface area contributed by atoms with E-state index in [4.69, 9.17) is 0 Å². The molecule has 19 heavy (non-hydrogen) atoms. The summed E-state index contributed by atoms with van der Waals surface area (Å²) in [6.07, 6.45) is 0. The van der Waals surface area contributed by atoms with Gasteiger partial charge < -0.3 is 5.32 Å². The molecule has 6 heteroatoms.